The van der Waals surface area contributed by atoms with Gasteiger partial charge in [-0.15, -0.1) is 0 Å². The quantitative estimate of drug-likeness (QED) is 0.457. The third-order valence-corrected chi connectivity index (χ3v) is 3.14. The van der Waals surface area contributed by atoms with E-state index in [1.165, 1.54) is 18.3 Å². The van der Waals surface area contributed by atoms with Gasteiger partial charge >= 0.3 is 5.69 Å². The number of rotatable bonds is 3. The first kappa shape index (κ1) is 13.7. The van der Waals surface area contributed by atoms with Crippen molar-refractivity contribution in [3.8, 4) is 0 Å². The van der Waals surface area contributed by atoms with Gasteiger partial charge in [0.15, 0.2) is 5.72 Å². The Labute approximate surface area is 108 Å². The van der Waals surface area contributed by atoms with Crippen molar-refractivity contribution in [1.29, 1.82) is 0 Å². The largest absolute Gasteiger partial charge is 0.394 e. The monoisotopic (exact) mass is 269 g/mol. The van der Waals surface area contributed by atoms with Crippen molar-refractivity contribution in [2.45, 2.75) is 24.0 Å². The maximum Gasteiger partial charge on any atom is 0.352 e. The van der Waals surface area contributed by atoms with Gasteiger partial charge in [-0.05, 0) is 12.1 Å². The smallest absolute Gasteiger partial charge is 0.352 e. The second kappa shape index (κ2) is 4.74. The SMILES string of the molecule is C=C[C@@]1(n2ccc(N)nc2=O)O[C@H](CO)[C@@H](O)[C@H]1O. The molecule has 0 bridgehead atoms. The first-order valence-corrected chi connectivity index (χ1v) is 5.60. The fraction of sp³-hybridized carbons (Fsp3) is 0.455. The molecule has 0 aliphatic carbocycles. The van der Waals surface area contributed by atoms with Gasteiger partial charge in [-0.2, -0.15) is 4.98 Å². The molecular weight excluding hydrogens is 254 g/mol. The summed E-state index contributed by atoms with van der Waals surface area (Å²) in [5.41, 5.74) is 2.93. The molecule has 0 aromatic carbocycles. The Balaban J connectivity index is 2.55. The summed E-state index contributed by atoms with van der Waals surface area (Å²) < 4.78 is 6.36. The van der Waals surface area contributed by atoms with Crippen molar-refractivity contribution in [2.75, 3.05) is 12.3 Å². The number of aliphatic hydroxyl groups excluding tert-OH is 3. The summed E-state index contributed by atoms with van der Waals surface area (Å²) in [6, 6.07) is 1.35. The van der Waals surface area contributed by atoms with Crippen LogP contribution in [0.4, 0.5) is 5.82 Å². The molecule has 0 saturated carbocycles. The van der Waals surface area contributed by atoms with Gasteiger partial charge in [0.25, 0.3) is 0 Å². The molecule has 19 heavy (non-hydrogen) atoms. The Morgan fingerprint density at radius 3 is 2.79 bits per heavy atom. The highest BCUT2D eigenvalue weighted by Gasteiger charge is 2.54. The van der Waals surface area contributed by atoms with Gasteiger partial charge in [0, 0.05) is 6.20 Å². The Kier molecular flexibility index (Phi) is 3.42. The third-order valence-electron chi connectivity index (χ3n) is 3.14. The maximum atomic E-state index is 11.8. The fourth-order valence-electron chi connectivity index (χ4n) is 2.12. The molecule has 8 heteroatoms. The molecule has 2 heterocycles. The van der Waals surface area contributed by atoms with Crippen molar-refractivity contribution >= 4 is 5.82 Å². The lowest BCUT2D eigenvalue weighted by atomic mass is 10.0. The lowest BCUT2D eigenvalue weighted by molar-refractivity contribution is -0.114. The molecule has 1 aliphatic heterocycles. The van der Waals surface area contributed by atoms with Gasteiger partial charge in [-0.1, -0.05) is 6.58 Å². The molecule has 5 N–H and O–H groups in total. The summed E-state index contributed by atoms with van der Waals surface area (Å²) in [4.78, 5) is 15.4. The van der Waals surface area contributed by atoms with Gasteiger partial charge in [0.2, 0.25) is 0 Å². The highest BCUT2D eigenvalue weighted by Crippen LogP contribution is 2.35. The van der Waals surface area contributed by atoms with E-state index in [-0.39, 0.29) is 5.82 Å². The number of nitrogens with zero attached hydrogens (tertiary/aromatic N) is 2. The van der Waals surface area contributed by atoms with E-state index in [0.29, 0.717) is 0 Å². The number of hydrogen-bond acceptors (Lipinski definition) is 7. The van der Waals surface area contributed by atoms with E-state index >= 15 is 0 Å². The van der Waals surface area contributed by atoms with Crippen molar-refractivity contribution in [2.24, 2.45) is 0 Å². The Hall–Kier alpha value is -1.74. The van der Waals surface area contributed by atoms with E-state index in [2.05, 4.69) is 11.6 Å². The molecule has 0 unspecified atom stereocenters. The van der Waals surface area contributed by atoms with Crippen LogP contribution in [0.2, 0.25) is 0 Å². The van der Waals surface area contributed by atoms with Crippen LogP contribution in [-0.4, -0.2) is 49.8 Å². The average Bonchev–Trinajstić information content (AvgIpc) is 2.64. The molecule has 4 atom stereocenters. The average molecular weight is 269 g/mol. The topological polar surface area (TPSA) is 131 Å². The molecule has 8 nitrogen and oxygen atoms in total. The lowest BCUT2D eigenvalue weighted by Gasteiger charge is -2.30. The van der Waals surface area contributed by atoms with Crippen molar-refractivity contribution in [3.63, 3.8) is 0 Å². The molecule has 1 fully saturated rings. The van der Waals surface area contributed by atoms with Gasteiger partial charge in [0.05, 0.1) is 6.61 Å². The minimum atomic E-state index is -1.69. The van der Waals surface area contributed by atoms with E-state index in [1.807, 2.05) is 0 Å². The number of ether oxygens (including phenoxy) is 1. The third kappa shape index (κ3) is 1.94. The van der Waals surface area contributed by atoms with Crippen molar-refractivity contribution in [3.05, 3.63) is 35.4 Å². The van der Waals surface area contributed by atoms with E-state index in [9.17, 15) is 15.0 Å². The van der Waals surface area contributed by atoms with Crippen LogP contribution in [0.25, 0.3) is 0 Å². The zero-order valence-electron chi connectivity index (χ0n) is 10.0. The highest BCUT2D eigenvalue weighted by molar-refractivity contribution is 5.24. The minimum Gasteiger partial charge on any atom is -0.394 e. The van der Waals surface area contributed by atoms with Crippen LogP contribution in [0.3, 0.4) is 0 Å². The van der Waals surface area contributed by atoms with Crippen LogP contribution >= 0.6 is 0 Å². The molecule has 1 saturated heterocycles. The Morgan fingerprint density at radius 2 is 2.32 bits per heavy atom. The zero-order chi connectivity index (χ0) is 14.2. The molecule has 0 spiro atoms. The summed E-state index contributed by atoms with van der Waals surface area (Å²) in [5, 5.41) is 29.0. The van der Waals surface area contributed by atoms with Gasteiger partial charge < -0.3 is 25.8 Å². The minimum absolute atomic E-state index is 0.0206. The normalized spacial score (nSPS) is 34.4. The predicted octanol–water partition coefficient (Wildman–Crippen LogP) is -2.22. The second-order valence-electron chi connectivity index (χ2n) is 4.24. The molecule has 0 radical (unpaired) electrons. The van der Waals surface area contributed by atoms with E-state index in [0.717, 1.165) is 4.57 Å². The maximum absolute atomic E-state index is 11.8. The van der Waals surface area contributed by atoms with Gasteiger partial charge in [0.1, 0.15) is 24.1 Å². The second-order valence-corrected chi connectivity index (χ2v) is 4.24. The fourth-order valence-corrected chi connectivity index (χ4v) is 2.12. The number of anilines is 1. The molecule has 1 aromatic heterocycles. The molecular formula is C11H15N3O5. The van der Waals surface area contributed by atoms with Crippen molar-refractivity contribution < 1.29 is 20.1 Å². The summed E-state index contributed by atoms with van der Waals surface area (Å²) in [7, 11) is 0. The summed E-state index contributed by atoms with van der Waals surface area (Å²) >= 11 is 0. The first-order chi connectivity index (χ1) is 8.96. The molecule has 0 amide bonds. The zero-order valence-corrected chi connectivity index (χ0v) is 10.0. The number of nitrogens with two attached hydrogens (primary N) is 1. The van der Waals surface area contributed by atoms with Gasteiger partial charge in [-0.25, -0.2) is 4.79 Å². The molecule has 104 valence electrons. The Morgan fingerprint density at radius 1 is 1.63 bits per heavy atom. The number of hydrogen-bond donors (Lipinski definition) is 4. The van der Waals surface area contributed by atoms with E-state index in [1.54, 1.807) is 0 Å². The van der Waals surface area contributed by atoms with Crippen LogP contribution in [0.5, 0.6) is 0 Å². The standard InChI is InChI=1S/C11H15N3O5/c1-2-11(9(17)8(16)6(5-15)19-11)14-4-3-7(12)13-10(14)18/h2-4,6,8-9,15-17H,1,5H2,(H2,12,13,18)/t6-,8-,9-,11-/m1/s1. The lowest BCUT2D eigenvalue weighted by Crippen LogP contribution is -2.49. The van der Waals surface area contributed by atoms with E-state index < -0.39 is 36.3 Å². The predicted molar refractivity (Wildman–Crippen MR) is 65.1 cm³/mol. The number of aliphatic hydroxyl groups is 3. The number of nitrogen functional groups attached to an aromatic ring is 1. The van der Waals surface area contributed by atoms with Crippen LogP contribution in [0.1, 0.15) is 0 Å². The van der Waals surface area contributed by atoms with Crippen LogP contribution in [-0.2, 0) is 10.5 Å². The number of aromatic nitrogens is 2. The summed E-state index contributed by atoms with van der Waals surface area (Å²) in [6.45, 7) is 3.00. The Bertz CT molecular complexity index is 545. The molecule has 1 aliphatic rings. The van der Waals surface area contributed by atoms with Gasteiger partial charge in [-0.3, -0.25) is 4.57 Å². The first-order valence-electron chi connectivity index (χ1n) is 5.60. The summed E-state index contributed by atoms with van der Waals surface area (Å²) in [6.07, 6.45) is -1.40. The van der Waals surface area contributed by atoms with E-state index in [4.69, 9.17) is 15.6 Å². The van der Waals surface area contributed by atoms with Crippen LogP contribution in [0, 0.1) is 0 Å². The van der Waals surface area contributed by atoms with Crippen LogP contribution in [0.15, 0.2) is 29.7 Å². The van der Waals surface area contributed by atoms with Crippen LogP contribution < -0.4 is 11.4 Å². The summed E-state index contributed by atoms with van der Waals surface area (Å²) in [5.74, 6) is 0.0206. The molecule has 2 rings (SSSR count). The molecule has 1 aromatic rings. The highest BCUT2D eigenvalue weighted by atomic mass is 16.6. The van der Waals surface area contributed by atoms with Crippen molar-refractivity contribution in [1.82, 2.24) is 9.55 Å².